The van der Waals surface area contributed by atoms with E-state index in [0.29, 0.717) is 43.4 Å². The smallest absolute Gasteiger partial charge is 0.243 e. The van der Waals surface area contributed by atoms with Gasteiger partial charge in [0, 0.05) is 30.8 Å². The highest BCUT2D eigenvalue weighted by Gasteiger charge is 2.34. The minimum Gasteiger partial charge on any atom is -0.486 e. The molecule has 154 valence electrons. The molecule has 0 aliphatic carbocycles. The third-order valence-electron chi connectivity index (χ3n) is 5.17. The molecule has 4 rings (SSSR count). The Morgan fingerprint density at radius 3 is 2.59 bits per heavy atom. The van der Waals surface area contributed by atoms with Gasteiger partial charge in [0.15, 0.2) is 11.5 Å². The maximum Gasteiger partial charge on any atom is 0.243 e. The van der Waals surface area contributed by atoms with Gasteiger partial charge in [0.25, 0.3) is 0 Å². The summed E-state index contributed by atoms with van der Waals surface area (Å²) in [6.45, 7) is 1.41. The number of fused-ring (bicyclic) bond motifs is 1. The molecule has 1 saturated heterocycles. The Bertz CT molecular complexity index is 978. The molecule has 1 atom stereocenters. The van der Waals surface area contributed by atoms with Gasteiger partial charge in [-0.2, -0.15) is 4.31 Å². The van der Waals surface area contributed by atoms with Gasteiger partial charge < -0.3 is 14.8 Å². The highest BCUT2D eigenvalue weighted by molar-refractivity contribution is 7.89. The Morgan fingerprint density at radius 2 is 1.79 bits per heavy atom. The van der Waals surface area contributed by atoms with Crippen molar-refractivity contribution >= 4 is 21.6 Å². The van der Waals surface area contributed by atoms with E-state index in [-0.39, 0.29) is 23.3 Å². The van der Waals surface area contributed by atoms with Crippen molar-refractivity contribution in [3.63, 3.8) is 0 Å². The van der Waals surface area contributed by atoms with Crippen LogP contribution in [0.25, 0.3) is 0 Å². The number of benzene rings is 2. The zero-order valence-electron chi connectivity index (χ0n) is 16.0. The number of nitrogens with one attached hydrogen (secondary N) is 1. The van der Waals surface area contributed by atoms with Gasteiger partial charge in [-0.25, -0.2) is 8.42 Å². The molecule has 2 aromatic rings. The summed E-state index contributed by atoms with van der Waals surface area (Å²) in [7, 11) is -3.62. The molecule has 0 saturated carbocycles. The van der Waals surface area contributed by atoms with Gasteiger partial charge in [-0.05, 0) is 37.1 Å². The summed E-state index contributed by atoms with van der Waals surface area (Å²) in [4.78, 5) is 12.9. The number of amides is 1. The maximum absolute atomic E-state index is 13.1. The van der Waals surface area contributed by atoms with Crippen molar-refractivity contribution in [1.82, 2.24) is 4.31 Å². The average molecular weight is 416 g/mol. The van der Waals surface area contributed by atoms with Crippen LogP contribution >= 0.6 is 0 Å². The van der Waals surface area contributed by atoms with Crippen molar-refractivity contribution < 1.29 is 22.7 Å². The van der Waals surface area contributed by atoms with Gasteiger partial charge in [-0.15, -0.1) is 0 Å². The number of ether oxygens (including phenoxy) is 2. The van der Waals surface area contributed by atoms with E-state index >= 15 is 0 Å². The number of nitrogens with zero attached hydrogens (tertiary/aromatic N) is 1. The lowest BCUT2D eigenvalue weighted by Crippen LogP contribution is -2.45. The Labute approximate surface area is 170 Å². The summed E-state index contributed by atoms with van der Waals surface area (Å²) in [5, 5.41) is 2.86. The number of rotatable bonds is 5. The lowest BCUT2D eigenvalue weighted by atomic mass is 10.0. The average Bonchev–Trinajstić information content (AvgIpc) is 2.74. The fourth-order valence-electron chi connectivity index (χ4n) is 3.77. The quantitative estimate of drug-likeness (QED) is 0.810. The van der Waals surface area contributed by atoms with Crippen molar-refractivity contribution in [1.29, 1.82) is 0 Å². The number of carbonyl (C=O) groups excluding carboxylic acids is 1. The molecule has 2 aromatic carbocycles. The van der Waals surface area contributed by atoms with Gasteiger partial charge in [-0.3, -0.25) is 4.79 Å². The van der Waals surface area contributed by atoms with Crippen molar-refractivity contribution in [2.24, 2.45) is 0 Å². The van der Waals surface area contributed by atoms with Crippen LogP contribution in [0.15, 0.2) is 53.4 Å². The normalized spacial score (nSPS) is 19.5. The van der Waals surface area contributed by atoms with Crippen molar-refractivity contribution in [2.75, 3.05) is 25.1 Å². The molecule has 2 heterocycles. The van der Waals surface area contributed by atoms with Crippen LogP contribution in [0.1, 0.15) is 25.7 Å². The third-order valence-corrected chi connectivity index (χ3v) is 7.14. The van der Waals surface area contributed by atoms with Crippen LogP contribution in [0.3, 0.4) is 0 Å². The fourth-order valence-corrected chi connectivity index (χ4v) is 5.48. The van der Waals surface area contributed by atoms with Crippen molar-refractivity contribution in [3.8, 4) is 11.5 Å². The molecular weight excluding hydrogens is 392 g/mol. The van der Waals surface area contributed by atoms with Crippen LogP contribution in [-0.2, 0) is 14.8 Å². The SMILES string of the molecule is O=C(C[C@@H]1CCCCN1S(=O)(=O)c1ccccc1)Nc1ccc2c(c1)OCCO2. The van der Waals surface area contributed by atoms with E-state index in [1.807, 2.05) is 0 Å². The predicted molar refractivity (Wildman–Crippen MR) is 109 cm³/mol. The Hall–Kier alpha value is -2.58. The summed E-state index contributed by atoms with van der Waals surface area (Å²) < 4.78 is 38.6. The van der Waals surface area contributed by atoms with Crippen LogP contribution in [0.5, 0.6) is 11.5 Å². The molecule has 0 unspecified atom stereocenters. The highest BCUT2D eigenvalue weighted by Crippen LogP contribution is 2.33. The van der Waals surface area contributed by atoms with Gasteiger partial charge >= 0.3 is 0 Å². The third kappa shape index (κ3) is 4.38. The highest BCUT2D eigenvalue weighted by atomic mass is 32.2. The molecule has 2 aliphatic rings. The van der Waals surface area contributed by atoms with E-state index in [9.17, 15) is 13.2 Å². The minimum atomic E-state index is -3.62. The lowest BCUT2D eigenvalue weighted by molar-refractivity contribution is -0.117. The monoisotopic (exact) mass is 416 g/mol. The maximum atomic E-state index is 13.1. The van der Waals surface area contributed by atoms with Crippen LogP contribution in [0.4, 0.5) is 5.69 Å². The summed E-state index contributed by atoms with van der Waals surface area (Å²) in [6, 6.07) is 13.3. The molecular formula is C21H24N2O5S. The number of piperidine rings is 1. The number of hydrogen-bond acceptors (Lipinski definition) is 5. The topological polar surface area (TPSA) is 84.9 Å². The van der Waals surface area contributed by atoms with E-state index in [1.165, 1.54) is 4.31 Å². The van der Waals surface area contributed by atoms with Crippen molar-refractivity contribution in [2.45, 2.75) is 36.6 Å². The summed E-state index contributed by atoms with van der Waals surface area (Å²) >= 11 is 0. The molecule has 0 spiro atoms. The second-order valence-electron chi connectivity index (χ2n) is 7.19. The predicted octanol–water partition coefficient (Wildman–Crippen LogP) is 3.03. The van der Waals surface area contributed by atoms with Gasteiger partial charge in [0.2, 0.25) is 15.9 Å². The zero-order chi connectivity index (χ0) is 20.3. The molecule has 2 aliphatic heterocycles. The summed E-state index contributed by atoms with van der Waals surface area (Å²) in [5.41, 5.74) is 0.604. The number of sulfonamides is 1. The molecule has 1 amide bonds. The molecule has 8 heteroatoms. The molecule has 0 bridgehead atoms. The van der Waals surface area contributed by atoms with E-state index in [4.69, 9.17) is 9.47 Å². The van der Waals surface area contributed by atoms with Crippen LogP contribution in [0.2, 0.25) is 0 Å². The molecule has 0 aromatic heterocycles. The molecule has 29 heavy (non-hydrogen) atoms. The Balaban J connectivity index is 1.46. The number of carbonyl (C=O) groups is 1. The van der Waals surface area contributed by atoms with Crippen LogP contribution in [0, 0.1) is 0 Å². The Kier molecular flexibility index (Phi) is 5.73. The standard InChI is InChI=1S/C21H24N2O5S/c24-21(22-16-9-10-19-20(14-16)28-13-12-27-19)15-17-6-4-5-11-23(17)29(25,26)18-7-2-1-3-8-18/h1-3,7-10,14,17H,4-6,11-13,15H2,(H,22,24)/t17-/m0/s1. The second kappa shape index (κ2) is 8.42. The zero-order valence-corrected chi connectivity index (χ0v) is 16.9. The number of hydrogen-bond donors (Lipinski definition) is 1. The minimum absolute atomic E-state index is 0.112. The molecule has 1 N–H and O–H groups in total. The van der Waals surface area contributed by atoms with Gasteiger partial charge in [-0.1, -0.05) is 24.6 Å². The van der Waals surface area contributed by atoms with E-state index < -0.39 is 10.0 Å². The number of anilines is 1. The van der Waals surface area contributed by atoms with E-state index in [2.05, 4.69) is 5.32 Å². The Morgan fingerprint density at radius 1 is 1.03 bits per heavy atom. The van der Waals surface area contributed by atoms with Crippen LogP contribution < -0.4 is 14.8 Å². The lowest BCUT2D eigenvalue weighted by Gasteiger charge is -2.34. The van der Waals surface area contributed by atoms with Crippen LogP contribution in [-0.4, -0.2) is 44.4 Å². The van der Waals surface area contributed by atoms with Crippen molar-refractivity contribution in [3.05, 3.63) is 48.5 Å². The molecule has 1 fully saturated rings. The van der Waals surface area contributed by atoms with Gasteiger partial charge in [0.05, 0.1) is 4.90 Å². The van der Waals surface area contributed by atoms with E-state index in [1.54, 1.807) is 48.5 Å². The first kappa shape index (κ1) is 19.7. The fraction of sp³-hybridized carbons (Fsp3) is 0.381. The van der Waals surface area contributed by atoms with Gasteiger partial charge in [0.1, 0.15) is 13.2 Å². The summed E-state index contributed by atoms with van der Waals surface area (Å²) in [6.07, 6.45) is 2.48. The summed E-state index contributed by atoms with van der Waals surface area (Å²) in [5.74, 6) is 1.03. The second-order valence-corrected chi connectivity index (χ2v) is 9.08. The molecule has 7 nitrogen and oxygen atoms in total. The largest absolute Gasteiger partial charge is 0.486 e. The first-order valence-corrected chi connectivity index (χ1v) is 11.2. The molecule has 0 radical (unpaired) electrons. The first-order chi connectivity index (χ1) is 14.0. The van der Waals surface area contributed by atoms with E-state index in [0.717, 1.165) is 12.8 Å². The first-order valence-electron chi connectivity index (χ1n) is 9.80.